The molecule has 3 atom stereocenters. The van der Waals surface area contributed by atoms with Crippen LogP contribution in [-0.2, 0) is 14.3 Å². The number of aliphatic hydroxyl groups is 1. The molecule has 0 aromatic carbocycles. The largest absolute Gasteiger partial charge is 0.461 e. The van der Waals surface area contributed by atoms with Gasteiger partial charge in [-0.1, -0.05) is 6.92 Å². The van der Waals surface area contributed by atoms with Crippen LogP contribution in [0.4, 0.5) is 4.79 Å². The molecule has 0 fully saturated rings. The first-order valence-corrected chi connectivity index (χ1v) is 6.45. The Labute approximate surface area is 114 Å². The van der Waals surface area contributed by atoms with Gasteiger partial charge in [-0.2, -0.15) is 0 Å². The van der Waals surface area contributed by atoms with Crippen molar-refractivity contribution in [2.75, 3.05) is 0 Å². The van der Waals surface area contributed by atoms with Gasteiger partial charge in [0.1, 0.15) is 5.60 Å². The van der Waals surface area contributed by atoms with E-state index in [0.29, 0.717) is 6.42 Å². The van der Waals surface area contributed by atoms with Gasteiger partial charge >= 0.3 is 12.1 Å². The third-order valence-electron chi connectivity index (χ3n) is 2.30. The zero-order valence-corrected chi connectivity index (χ0v) is 12.5. The van der Waals surface area contributed by atoms with E-state index in [1.165, 1.54) is 6.92 Å². The molecule has 1 amide bonds. The number of aliphatic hydroxyl groups excluding tert-OH is 1. The highest BCUT2D eigenvalue weighted by atomic mass is 16.6. The predicted octanol–water partition coefficient (Wildman–Crippen LogP) is 1.60. The van der Waals surface area contributed by atoms with E-state index in [1.807, 2.05) is 6.92 Å². The minimum Gasteiger partial charge on any atom is -0.461 e. The van der Waals surface area contributed by atoms with Crippen molar-refractivity contribution in [3.63, 3.8) is 0 Å². The van der Waals surface area contributed by atoms with E-state index in [9.17, 15) is 14.7 Å². The summed E-state index contributed by atoms with van der Waals surface area (Å²) in [4.78, 5) is 23.4. The Hall–Kier alpha value is -1.30. The van der Waals surface area contributed by atoms with Crippen molar-refractivity contribution in [1.82, 2.24) is 5.32 Å². The molecular formula is C13H25NO5. The van der Waals surface area contributed by atoms with E-state index in [1.54, 1.807) is 27.7 Å². The maximum absolute atomic E-state index is 11.8. The molecule has 0 bridgehead atoms. The van der Waals surface area contributed by atoms with Crippen LogP contribution in [0.3, 0.4) is 0 Å². The van der Waals surface area contributed by atoms with Crippen LogP contribution in [0.15, 0.2) is 0 Å². The van der Waals surface area contributed by atoms with Gasteiger partial charge < -0.3 is 19.9 Å². The van der Waals surface area contributed by atoms with Crippen molar-refractivity contribution < 1.29 is 24.2 Å². The van der Waals surface area contributed by atoms with Crippen molar-refractivity contribution in [3.8, 4) is 0 Å². The first kappa shape index (κ1) is 17.7. The topological polar surface area (TPSA) is 84.9 Å². The minimum atomic E-state index is -1.14. The standard InChI is InChI=1S/C13H25NO5/c1-7-8(2)18-11(16)10(9(3)15)14-12(17)19-13(4,5)6/h8-10,15H,7H2,1-6H3,(H,14,17)/t8-,9+,10-/m0/s1. The molecule has 0 aromatic heterocycles. The van der Waals surface area contributed by atoms with E-state index in [4.69, 9.17) is 9.47 Å². The predicted molar refractivity (Wildman–Crippen MR) is 70.7 cm³/mol. The van der Waals surface area contributed by atoms with Crippen LogP contribution in [0.5, 0.6) is 0 Å². The molecule has 6 heteroatoms. The number of esters is 1. The second kappa shape index (κ2) is 7.33. The number of carbonyl (C=O) groups excluding carboxylic acids is 2. The Bertz CT molecular complexity index is 309. The van der Waals surface area contributed by atoms with Crippen LogP contribution in [0.1, 0.15) is 48.0 Å². The maximum atomic E-state index is 11.8. The van der Waals surface area contributed by atoms with Crippen molar-refractivity contribution >= 4 is 12.1 Å². The molecule has 0 heterocycles. The smallest absolute Gasteiger partial charge is 0.408 e. The minimum absolute atomic E-state index is 0.269. The van der Waals surface area contributed by atoms with Gasteiger partial charge in [-0.3, -0.25) is 0 Å². The molecule has 0 saturated heterocycles. The van der Waals surface area contributed by atoms with Gasteiger partial charge in [-0.05, 0) is 41.0 Å². The fourth-order valence-electron chi connectivity index (χ4n) is 1.17. The monoisotopic (exact) mass is 275 g/mol. The molecule has 19 heavy (non-hydrogen) atoms. The number of hydrogen-bond acceptors (Lipinski definition) is 5. The van der Waals surface area contributed by atoms with Crippen LogP contribution in [-0.4, -0.2) is 41.0 Å². The lowest BCUT2D eigenvalue weighted by atomic mass is 10.2. The summed E-state index contributed by atoms with van der Waals surface area (Å²) in [5, 5.41) is 11.9. The van der Waals surface area contributed by atoms with E-state index in [-0.39, 0.29) is 6.10 Å². The van der Waals surface area contributed by atoms with Crippen molar-refractivity contribution in [2.45, 2.75) is 71.8 Å². The van der Waals surface area contributed by atoms with Crippen LogP contribution in [0.2, 0.25) is 0 Å². The van der Waals surface area contributed by atoms with E-state index < -0.39 is 29.8 Å². The molecule has 0 radical (unpaired) electrons. The lowest BCUT2D eigenvalue weighted by Gasteiger charge is -2.25. The summed E-state index contributed by atoms with van der Waals surface area (Å²) in [7, 11) is 0. The van der Waals surface area contributed by atoms with Crippen LogP contribution < -0.4 is 5.32 Å². The Kier molecular flexibility index (Phi) is 6.83. The highest BCUT2D eigenvalue weighted by molar-refractivity contribution is 5.82. The highest BCUT2D eigenvalue weighted by Crippen LogP contribution is 2.08. The molecule has 0 rings (SSSR count). The summed E-state index contributed by atoms with van der Waals surface area (Å²) in [5.74, 6) is -0.671. The van der Waals surface area contributed by atoms with Crippen LogP contribution >= 0.6 is 0 Å². The Morgan fingerprint density at radius 1 is 1.26 bits per heavy atom. The summed E-state index contributed by atoms with van der Waals surface area (Å²) in [5.41, 5.74) is -0.673. The van der Waals surface area contributed by atoms with Crippen molar-refractivity contribution in [2.24, 2.45) is 0 Å². The van der Waals surface area contributed by atoms with Gasteiger partial charge in [0.05, 0.1) is 12.2 Å². The van der Waals surface area contributed by atoms with Crippen molar-refractivity contribution in [3.05, 3.63) is 0 Å². The molecule has 0 aliphatic heterocycles. The number of hydrogen-bond donors (Lipinski definition) is 2. The van der Waals surface area contributed by atoms with Crippen LogP contribution in [0, 0.1) is 0 Å². The zero-order chi connectivity index (χ0) is 15.2. The third kappa shape index (κ3) is 7.66. The number of rotatable bonds is 5. The molecule has 0 aliphatic rings. The van der Waals surface area contributed by atoms with Gasteiger partial charge in [0.25, 0.3) is 0 Å². The molecule has 0 aromatic rings. The summed E-state index contributed by atoms with van der Waals surface area (Å²) < 4.78 is 10.1. The fourth-order valence-corrected chi connectivity index (χ4v) is 1.17. The van der Waals surface area contributed by atoms with Gasteiger partial charge in [0.2, 0.25) is 0 Å². The highest BCUT2D eigenvalue weighted by Gasteiger charge is 2.30. The molecule has 0 saturated carbocycles. The zero-order valence-electron chi connectivity index (χ0n) is 12.5. The number of ether oxygens (including phenoxy) is 2. The molecular weight excluding hydrogens is 250 g/mol. The van der Waals surface area contributed by atoms with E-state index in [0.717, 1.165) is 0 Å². The summed E-state index contributed by atoms with van der Waals surface area (Å²) in [6.45, 7) is 10.1. The second-order valence-corrected chi connectivity index (χ2v) is 5.52. The van der Waals surface area contributed by atoms with E-state index in [2.05, 4.69) is 5.32 Å². The van der Waals surface area contributed by atoms with E-state index >= 15 is 0 Å². The Morgan fingerprint density at radius 3 is 2.16 bits per heavy atom. The number of carbonyl (C=O) groups is 2. The molecule has 0 unspecified atom stereocenters. The summed E-state index contributed by atoms with van der Waals surface area (Å²) >= 11 is 0. The SMILES string of the molecule is CC[C@H](C)OC(=O)[C@@H](NC(=O)OC(C)(C)C)[C@@H](C)O. The van der Waals surface area contributed by atoms with Gasteiger partial charge in [0, 0.05) is 0 Å². The second-order valence-electron chi connectivity index (χ2n) is 5.52. The fraction of sp³-hybridized carbons (Fsp3) is 0.846. The lowest BCUT2D eigenvalue weighted by Crippen LogP contribution is -2.50. The normalized spacial score (nSPS) is 16.2. The average molecular weight is 275 g/mol. The van der Waals surface area contributed by atoms with Crippen LogP contribution in [0.25, 0.3) is 0 Å². The van der Waals surface area contributed by atoms with Gasteiger partial charge in [0.15, 0.2) is 6.04 Å². The Morgan fingerprint density at radius 2 is 1.79 bits per heavy atom. The number of amides is 1. The summed E-state index contributed by atoms with van der Waals surface area (Å²) in [6.07, 6.45) is -1.44. The molecule has 6 nitrogen and oxygen atoms in total. The Balaban J connectivity index is 4.58. The van der Waals surface area contributed by atoms with Gasteiger partial charge in [-0.25, -0.2) is 9.59 Å². The molecule has 0 spiro atoms. The lowest BCUT2D eigenvalue weighted by molar-refractivity contribution is -0.153. The summed E-state index contributed by atoms with van der Waals surface area (Å²) in [6, 6.07) is -1.14. The number of alkyl carbamates (subject to hydrolysis) is 1. The van der Waals surface area contributed by atoms with Crippen molar-refractivity contribution in [1.29, 1.82) is 0 Å². The first-order chi connectivity index (χ1) is 8.56. The molecule has 2 N–H and O–H groups in total. The maximum Gasteiger partial charge on any atom is 0.408 e. The van der Waals surface area contributed by atoms with Gasteiger partial charge in [-0.15, -0.1) is 0 Å². The first-order valence-electron chi connectivity index (χ1n) is 6.45. The number of nitrogens with one attached hydrogen (secondary N) is 1. The quantitative estimate of drug-likeness (QED) is 0.744. The molecule has 112 valence electrons. The average Bonchev–Trinajstić information content (AvgIpc) is 2.22. The molecule has 0 aliphatic carbocycles. The third-order valence-corrected chi connectivity index (χ3v) is 2.30.